The van der Waals surface area contributed by atoms with Crippen molar-refractivity contribution in [3.05, 3.63) is 35.4 Å². The molecule has 0 aliphatic carbocycles. The van der Waals surface area contributed by atoms with Crippen LogP contribution in [0.1, 0.15) is 56.5 Å². The van der Waals surface area contributed by atoms with Gasteiger partial charge in [0.05, 0.1) is 5.60 Å². The highest BCUT2D eigenvalue weighted by Gasteiger charge is 2.39. The van der Waals surface area contributed by atoms with Crippen molar-refractivity contribution in [1.82, 2.24) is 9.80 Å². The van der Waals surface area contributed by atoms with Crippen molar-refractivity contribution in [1.29, 1.82) is 0 Å². The van der Waals surface area contributed by atoms with Crippen LogP contribution in [0.15, 0.2) is 24.3 Å². The molecule has 0 unspecified atom stereocenters. The first kappa shape index (κ1) is 19.9. The van der Waals surface area contributed by atoms with Crippen LogP contribution in [0, 0.1) is 5.92 Å². The lowest BCUT2D eigenvalue weighted by Crippen LogP contribution is -2.44. The van der Waals surface area contributed by atoms with Gasteiger partial charge in [0.25, 0.3) is 5.91 Å². The molecule has 1 amide bonds. The maximum absolute atomic E-state index is 12.8. The first-order valence-electron chi connectivity index (χ1n) is 9.29. The average molecular weight is 347 g/mol. The number of carbonyl (C=O) groups is 1. The van der Waals surface area contributed by atoms with Gasteiger partial charge in [-0.3, -0.25) is 4.79 Å². The lowest BCUT2D eigenvalue weighted by molar-refractivity contribution is 0.0714. The van der Waals surface area contributed by atoms with Crippen LogP contribution in [0.25, 0.3) is 0 Å². The number of aliphatic hydroxyl groups is 1. The molecule has 1 aliphatic heterocycles. The average Bonchev–Trinajstić information content (AvgIpc) is 2.78. The predicted molar refractivity (Wildman–Crippen MR) is 103 cm³/mol. The summed E-state index contributed by atoms with van der Waals surface area (Å²) in [7, 11) is 4.06. The van der Waals surface area contributed by atoms with Gasteiger partial charge in [0.1, 0.15) is 0 Å². The number of amides is 1. The van der Waals surface area contributed by atoms with Crippen LogP contribution in [0.4, 0.5) is 0 Å². The molecular weight excluding hydrogens is 312 g/mol. The van der Waals surface area contributed by atoms with Gasteiger partial charge in [-0.25, -0.2) is 0 Å². The van der Waals surface area contributed by atoms with Gasteiger partial charge in [0.2, 0.25) is 0 Å². The number of hydrogen-bond acceptors (Lipinski definition) is 3. The lowest BCUT2D eigenvalue weighted by atomic mass is 9.88. The minimum Gasteiger partial charge on any atom is -0.390 e. The molecule has 1 N–H and O–H groups in total. The van der Waals surface area contributed by atoms with Gasteiger partial charge in [-0.05, 0) is 84.2 Å². The molecule has 2 rings (SSSR count). The van der Waals surface area contributed by atoms with Crippen molar-refractivity contribution in [2.75, 3.05) is 27.2 Å². The van der Waals surface area contributed by atoms with Gasteiger partial charge in [-0.1, -0.05) is 12.1 Å². The molecule has 0 saturated carbocycles. The fourth-order valence-electron chi connectivity index (χ4n) is 3.56. The Bertz CT molecular complexity index is 604. The first-order valence-corrected chi connectivity index (χ1v) is 9.29. The third kappa shape index (κ3) is 5.05. The van der Waals surface area contributed by atoms with Crippen LogP contribution in [-0.4, -0.2) is 59.1 Å². The maximum Gasteiger partial charge on any atom is 0.253 e. The van der Waals surface area contributed by atoms with E-state index in [9.17, 15) is 9.90 Å². The second-order valence-corrected chi connectivity index (χ2v) is 8.76. The van der Waals surface area contributed by atoms with E-state index in [1.807, 2.05) is 50.1 Å². The molecule has 1 aliphatic rings. The van der Waals surface area contributed by atoms with Crippen LogP contribution in [0.3, 0.4) is 0 Å². The molecule has 1 aromatic rings. The van der Waals surface area contributed by atoms with E-state index in [4.69, 9.17) is 0 Å². The molecule has 25 heavy (non-hydrogen) atoms. The van der Waals surface area contributed by atoms with E-state index in [2.05, 4.69) is 25.8 Å². The van der Waals surface area contributed by atoms with Crippen LogP contribution < -0.4 is 0 Å². The maximum atomic E-state index is 12.8. The Kier molecular flexibility index (Phi) is 5.95. The number of nitrogens with zero attached hydrogens (tertiary/aromatic N) is 2. The minimum atomic E-state index is -0.684. The Morgan fingerprint density at radius 2 is 2.08 bits per heavy atom. The summed E-state index contributed by atoms with van der Waals surface area (Å²) < 4.78 is 0. The van der Waals surface area contributed by atoms with Crippen molar-refractivity contribution in [2.24, 2.45) is 5.92 Å². The Morgan fingerprint density at radius 1 is 1.40 bits per heavy atom. The summed E-state index contributed by atoms with van der Waals surface area (Å²) in [6, 6.07) is 7.82. The largest absolute Gasteiger partial charge is 0.390 e. The SMILES string of the molecule is CN(C[C@@H]1CCN(C)C1(C)C)C(=O)c1cccc(CCC(C)(C)O)c1. The summed E-state index contributed by atoms with van der Waals surface area (Å²) >= 11 is 0. The van der Waals surface area contributed by atoms with E-state index in [0.717, 1.165) is 37.1 Å². The quantitative estimate of drug-likeness (QED) is 0.860. The third-order valence-electron chi connectivity index (χ3n) is 5.84. The molecule has 0 bridgehead atoms. The number of carbonyl (C=O) groups excluding carboxylic acids is 1. The van der Waals surface area contributed by atoms with Crippen molar-refractivity contribution in [3.63, 3.8) is 0 Å². The van der Waals surface area contributed by atoms with E-state index in [1.165, 1.54) is 0 Å². The fourth-order valence-corrected chi connectivity index (χ4v) is 3.56. The molecule has 4 nitrogen and oxygen atoms in total. The molecule has 4 heteroatoms. The Hall–Kier alpha value is -1.39. The monoisotopic (exact) mass is 346 g/mol. The number of benzene rings is 1. The van der Waals surface area contributed by atoms with E-state index in [0.29, 0.717) is 12.3 Å². The fraction of sp³-hybridized carbons (Fsp3) is 0.667. The lowest BCUT2D eigenvalue weighted by Gasteiger charge is -2.35. The van der Waals surface area contributed by atoms with Gasteiger partial charge in [0.15, 0.2) is 0 Å². The molecule has 140 valence electrons. The highest BCUT2D eigenvalue weighted by molar-refractivity contribution is 5.94. The van der Waals surface area contributed by atoms with Gasteiger partial charge >= 0.3 is 0 Å². The second-order valence-electron chi connectivity index (χ2n) is 8.76. The Labute approximate surface area is 152 Å². The van der Waals surface area contributed by atoms with E-state index < -0.39 is 5.60 Å². The zero-order valence-electron chi connectivity index (χ0n) is 16.7. The third-order valence-corrected chi connectivity index (χ3v) is 5.84. The van der Waals surface area contributed by atoms with Crippen LogP contribution in [-0.2, 0) is 6.42 Å². The van der Waals surface area contributed by atoms with Crippen molar-refractivity contribution in [3.8, 4) is 0 Å². The zero-order chi connectivity index (χ0) is 18.8. The van der Waals surface area contributed by atoms with Crippen molar-refractivity contribution < 1.29 is 9.90 Å². The van der Waals surface area contributed by atoms with Crippen LogP contribution in [0.2, 0.25) is 0 Å². The highest BCUT2D eigenvalue weighted by atomic mass is 16.3. The molecule has 0 aromatic heterocycles. The second kappa shape index (κ2) is 7.46. The van der Waals surface area contributed by atoms with Gasteiger partial charge in [-0.2, -0.15) is 0 Å². The standard InChI is InChI=1S/C21H34N2O2/c1-20(2,25)12-10-16-8-7-9-17(14-16)19(24)22(5)15-18-11-13-23(6)21(18,3)4/h7-9,14,18,25H,10-13,15H2,1-6H3/t18-/m0/s1. The Balaban J connectivity index is 2.02. The molecule has 1 heterocycles. The van der Waals surface area contributed by atoms with Crippen molar-refractivity contribution in [2.45, 2.75) is 58.1 Å². The summed E-state index contributed by atoms with van der Waals surface area (Å²) in [5.74, 6) is 0.570. The predicted octanol–water partition coefficient (Wildman–Crippen LogP) is 3.19. The van der Waals surface area contributed by atoms with E-state index >= 15 is 0 Å². The normalized spacial score (nSPS) is 20.7. The summed E-state index contributed by atoms with van der Waals surface area (Å²) in [5, 5.41) is 9.90. The zero-order valence-corrected chi connectivity index (χ0v) is 16.7. The molecular formula is C21H34N2O2. The molecule has 1 atom stereocenters. The summed E-state index contributed by atoms with van der Waals surface area (Å²) in [4.78, 5) is 17.1. The number of aryl methyl sites for hydroxylation is 1. The Morgan fingerprint density at radius 3 is 2.64 bits per heavy atom. The van der Waals surface area contributed by atoms with Crippen LogP contribution in [0.5, 0.6) is 0 Å². The van der Waals surface area contributed by atoms with Gasteiger partial charge < -0.3 is 14.9 Å². The molecule has 1 fully saturated rings. The number of hydrogen-bond donors (Lipinski definition) is 1. The molecule has 1 saturated heterocycles. The van der Waals surface area contributed by atoms with Crippen LogP contribution >= 0.6 is 0 Å². The minimum absolute atomic E-state index is 0.0791. The van der Waals surface area contributed by atoms with E-state index in [-0.39, 0.29) is 11.4 Å². The topological polar surface area (TPSA) is 43.8 Å². The van der Waals surface area contributed by atoms with E-state index in [1.54, 1.807) is 0 Å². The summed E-state index contributed by atoms with van der Waals surface area (Å²) in [6.07, 6.45) is 2.59. The molecule has 0 radical (unpaired) electrons. The molecule has 0 spiro atoms. The smallest absolute Gasteiger partial charge is 0.253 e. The highest BCUT2D eigenvalue weighted by Crippen LogP contribution is 2.33. The summed E-state index contributed by atoms with van der Waals surface area (Å²) in [5.41, 5.74) is 1.28. The van der Waals surface area contributed by atoms with Crippen molar-refractivity contribution >= 4 is 5.91 Å². The molecule has 1 aromatic carbocycles. The van der Waals surface area contributed by atoms with Gasteiger partial charge in [-0.15, -0.1) is 0 Å². The number of rotatable bonds is 6. The number of likely N-dealkylation sites (tertiary alicyclic amines) is 1. The first-order chi connectivity index (χ1) is 11.5. The van der Waals surface area contributed by atoms with Gasteiger partial charge in [0, 0.05) is 24.7 Å². The summed E-state index contributed by atoms with van der Waals surface area (Å²) in [6.45, 7) is 10.0.